The Morgan fingerprint density at radius 3 is 2.67 bits per heavy atom. The Kier molecular flexibility index (Phi) is 2.41. The van der Waals surface area contributed by atoms with Gasteiger partial charge in [-0.15, -0.1) is 0 Å². The zero-order valence-corrected chi connectivity index (χ0v) is 8.48. The highest BCUT2D eigenvalue weighted by Gasteiger charge is 2.39. The molecule has 0 fully saturated rings. The molecule has 0 aliphatic heterocycles. The molecule has 1 aliphatic rings. The number of Topliss-reactive ketones (excluding diaryl/α,β-unsaturated/α-hetero) is 1. The molecule has 0 unspecified atom stereocenters. The molecule has 1 aliphatic carbocycles. The van der Waals surface area contributed by atoms with Crippen LogP contribution in [0.25, 0.3) is 0 Å². The van der Waals surface area contributed by atoms with Crippen LogP contribution in [-0.4, -0.2) is 5.78 Å². The molecule has 0 saturated carbocycles. The standard InChI is InChI=1S/C11H18O/c1-5-11(4)9(3)7-6-8(2)10(11)12/h6,9H,5,7H2,1-4H3/t9-,11+/m0/s1. The van der Waals surface area contributed by atoms with Gasteiger partial charge in [0.1, 0.15) is 0 Å². The number of allylic oxidation sites excluding steroid dienone is 2. The lowest BCUT2D eigenvalue weighted by Gasteiger charge is -2.36. The van der Waals surface area contributed by atoms with Gasteiger partial charge in [0.25, 0.3) is 0 Å². The lowest BCUT2D eigenvalue weighted by Crippen LogP contribution is -2.37. The smallest absolute Gasteiger partial charge is 0.164 e. The van der Waals surface area contributed by atoms with Crippen molar-refractivity contribution in [2.45, 2.75) is 40.5 Å². The van der Waals surface area contributed by atoms with E-state index >= 15 is 0 Å². The third-order valence-electron chi connectivity index (χ3n) is 3.48. The molecular formula is C11H18O. The highest BCUT2D eigenvalue weighted by atomic mass is 16.1. The van der Waals surface area contributed by atoms with Crippen molar-refractivity contribution in [3.05, 3.63) is 11.6 Å². The monoisotopic (exact) mass is 166 g/mol. The molecule has 0 amide bonds. The van der Waals surface area contributed by atoms with Gasteiger partial charge in [-0.2, -0.15) is 0 Å². The summed E-state index contributed by atoms with van der Waals surface area (Å²) in [5.41, 5.74) is 0.858. The van der Waals surface area contributed by atoms with Gasteiger partial charge in [-0.05, 0) is 31.3 Å². The van der Waals surface area contributed by atoms with Crippen molar-refractivity contribution in [2.24, 2.45) is 11.3 Å². The Hall–Kier alpha value is -0.590. The summed E-state index contributed by atoms with van der Waals surface area (Å²) in [6, 6.07) is 0. The lowest BCUT2D eigenvalue weighted by atomic mass is 9.66. The van der Waals surface area contributed by atoms with Gasteiger partial charge < -0.3 is 0 Å². The Morgan fingerprint density at radius 2 is 2.25 bits per heavy atom. The average Bonchev–Trinajstić information content (AvgIpc) is 2.08. The predicted octanol–water partition coefficient (Wildman–Crippen LogP) is 2.96. The van der Waals surface area contributed by atoms with Crippen molar-refractivity contribution in [1.29, 1.82) is 0 Å². The first-order valence-electron chi connectivity index (χ1n) is 4.74. The van der Waals surface area contributed by atoms with Gasteiger partial charge in [-0.3, -0.25) is 4.79 Å². The fraction of sp³-hybridized carbons (Fsp3) is 0.727. The SMILES string of the molecule is CC[C@@]1(C)C(=O)C(C)=CC[C@@H]1C. The lowest BCUT2D eigenvalue weighted by molar-refractivity contribution is -0.127. The fourth-order valence-electron chi connectivity index (χ4n) is 1.89. The minimum atomic E-state index is -0.0984. The summed E-state index contributed by atoms with van der Waals surface area (Å²) in [6.07, 6.45) is 4.09. The van der Waals surface area contributed by atoms with Gasteiger partial charge in [-0.1, -0.05) is 26.8 Å². The zero-order chi connectivity index (χ0) is 9.35. The fourth-order valence-corrected chi connectivity index (χ4v) is 1.89. The van der Waals surface area contributed by atoms with Crippen LogP contribution in [0.5, 0.6) is 0 Å². The van der Waals surface area contributed by atoms with Crippen LogP contribution in [0.4, 0.5) is 0 Å². The highest BCUT2D eigenvalue weighted by Crippen LogP contribution is 2.40. The van der Waals surface area contributed by atoms with Crippen molar-refractivity contribution in [1.82, 2.24) is 0 Å². The molecular weight excluding hydrogens is 148 g/mol. The molecule has 0 bridgehead atoms. The van der Waals surface area contributed by atoms with Crippen molar-refractivity contribution in [3.63, 3.8) is 0 Å². The van der Waals surface area contributed by atoms with E-state index in [1.807, 2.05) is 6.92 Å². The normalized spacial score (nSPS) is 36.5. The van der Waals surface area contributed by atoms with Crippen LogP contribution in [0.15, 0.2) is 11.6 Å². The van der Waals surface area contributed by atoms with Crippen molar-refractivity contribution in [2.75, 3.05) is 0 Å². The minimum absolute atomic E-state index is 0.0984. The van der Waals surface area contributed by atoms with Crippen LogP contribution in [0.1, 0.15) is 40.5 Å². The summed E-state index contributed by atoms with van der Waals surface area (Å²) in [5, 5.41) is 0. The summed E-state index contributed by atoms with van der Waals surface area (Å²) in [4.78, 5) is 11.8. The first-order valence-corrected chi connectivity index (χ1v) is 4.74. The molecule has 0 aromatic heterocycles. The van der Waals surface area contributed by atoms with Crippen LogP contribution < -0.4 is 0 Å². The summed E-state index contributed by atoms with van der Waals surface area (Å²) in [6.45, 7) is 8.30. The Morgan fingerprint density at radius 1 is 1.67 bits per heavy atom. The van der Waals surface area contributed by atoms with E-state index in [1.54, 1.807) is 0 Å². The summed E-state index contributed by atoms with van der Waals surface area (Å²) in [7, 11) is 0. The molecule has 1 rings (SSSR count). The summed E-state index contributed by atoms with van der Waals surface area (Å²) < 4.78 is 0. The van der Waals surface area contributed by atoms with Crippen LogP contribution in [0.3, 0.4) is 0 Å². The Balaban J connectivity index is 3.01. The largest absolute Gasteiger partial charge is 0.294 e. The molecule has 0 radical (unpaired) electrons. The summed E-state index contributed by atoms with van der Waals surface area (Å²) in [5.74, 6) is 0.849. The zero-order valence-electron chi connectivity index (χ0n) is 8.48. The molecule has 12 heavy (non-hydrogen) atoms. The molecule has 0 spiro atoms. The van der Waals surface area contributed by atoms with E-state index in [4.69, 9.17) is 0 Å². The third kappa shape index (κ3) is 1.21. The van der Waals surface area contributed by atoms with Gasteiger partial charge in [0.05, 0.1) is 0 Å². The maximum absolute atomic E-state index is 11.8. The van der Waals surface area contributed by atoms with Crippen LogP contribution in [0.2, 0.25) is 0 Å². The van der Waals surface area contributed by atoms with E-state index in [0.717, 1.165) is 18.4 Å². The number of carbonyl (C=O) groups excluding carboxylic acids is 1. The maximum Gasteiger partial charge on any atom is 0.164 e. The predicted molar refractivity (Wildman–Crippen MR) is 50.9 cm³/mol. The van der Waals surface area contributed by atoms with Crippen molar-refractivity contribution < 1.29 is 4.79 Å². The first-order chi connectivity index (χ1) is 5.52. The average molecular weight is 166 g/mol. The van der Waals surface area contributed by atoms with E-state index < -0.39 is 0 Å². The van der Waals surface area contributed by atoms with Crippen molar-refractivity contribution in [3.8, 4) is 0 Å². The Labute approximate surface area is 74.9 Å². The van der Waals surface area contributed by atoms with Crippen LogP contribution in [0, 0.1) is 11.3 Å². The topological polar surface area (TPSA) is 17.1 Å². The van der Waals surface area contributed by atoms with Crippen LogP contribution in [-0.2, 0) is 4.79 Å². The van der Waals surface area contributed by atoms with E-state index in [0.29, 0.717) is 11.7 Å². The Bertz CT molecular complexity index is 227. The minimum Gasteiger partial charge on any atom is -0.294 e. The molecule has 1 heteroatoms. The molecule has 68 valence electrons. The number of hydrogen-bond donors (Lipinski definition) is 0. The van der Waals surface area contributed by atoms with E-state index in [2.05, 4.69) is 26.8 Å². The quantitative estimate of drug-likeness (QED) is 0.585. The molecule has 0 saturated heterocycles. The molecule has 1 nitrogen and oxygen atoms in total. The summed E-state index contributed by atoms with van der Waals surface area (Å²) >= 11 is 0. The number of carbonyl (C=O) groups is 1. The molecule has 0 aromatic carbocycles. The van der Waals surface area contributed by atoms with Gasteiger partial charge in [0.2, 0.25) is 0 Å². The van der Waals surface area contributed by atoms with Gasteiger partial charge in [0.15, 0.2) is 5.78 Å². The molecule has 0 heterocycles. The molecule has 0 aromatic rings. The number of rotatable bonds is 1. The molecule has 0 N–H and O–H groups in total. The molecule has 2 atom stereocenters. The third-order valence-corrected chi connectivity index (χ3v) is 3.48. The van der Waals surface area contributed by atoms with E-state index in [-0.39, 0.29) is 5.41 Å². The van der Waals surface area contributed by atoms with E-state index in [1.165, 1.54) is 0 Å². The van der Waals surface area contributed by atoms with Gasteiger partial charge >= 0.3 is 0 Å². The second-order valence-electron chi connectivity index (χ2n) is 4.12. The highest BCUT2D eigenvalue weighted by molar-refractivity contribution is 6.00. The first kappa shape index (κ1) is 9.50. The van der Waals surface area contributed by atoms with E-state index in [9.17, 15) is 4.79 Å². The van der Waals surface area contributed by atoms with Gasteiger partial charge in [0, 0.05) is 5.41 Å². The van der Waals surface area contributed by atoms with Crippen LogP contribution >= 0.6 is 0 Å². The second kappa shape index (κ2) is 3.04. The van der Waals surface area contributed by atoms with Crippen molar-refractivity contribution >= 4 is 5.78 Å². The van der Waals surface area contributed by atoms with Gasteiger partial charge in [-0.25, -0.2) is 0 Å². The number of hydrogen-bond acceptors (Lipinski definition) is 1. The maximum atomic E-state index is 11.8. The second-order valence-corrected chi connectivity index (χ2v) is 4.12. The number of ketones is 1.